The molecule has 5 heteroatoms. The van der Waals surface area contributed by atoms with Gasteiger partial charge in [0, 0.05) is 0 Å². The van der Waals surface area contributed by atoms with Crippen molar-refractivity contribution in [2.75, 3.05) is 0 Å². The Morgan fingerprint density at radius 3 is 2.33 bits per heavy atom. The summed E-state index contributed by atoms with van der Waals surface area (Å²) in [5.41, 5.74) is 1.53. The monoisotopic (exact) mass is 260 g/mol. The predicted octanol–water partition coefficient (Wildman–Crippen LogP) is 3.47. The van der Waals surface area contributed by atoms with Gasteiger partial charge in [-0.05, 0) is 36.8 Å². The predicted molar refractivity (Wildman–Crippen MR) is 69.3 cm³/mol. The maximum absolute atomic E-state index is 11.8. The topological polar surface area (TPSA) is 58.9 Å². The Hall–Kier alpha value is -2.01. The molecule has 0 saturated carbocycles. The fraction of sp³-hybridized carbons (Fsp3) is 0.0769. The summed E-state index contributed by atoms with van der Waals surface area (Å²) in [6.45, 7) is 1.91. The van der Waals surface area contributed by atoms with Gasteiger partial charge in [0.15, 0.2) is 0 Å². The zero-order valence-corrected chi connectivity index (χ0v) is 10.6. The van der Waals surface area contributed by atoms with Gasteiger partial charge in [0.05, 0.1) is 10.6 Å². The molecule has 0 aromatic heterocycles. The van der Waals surface area contributed by atoms with Crippen molar-refractivity contribution < 1.29 is 8.42 Å². The molecule has 2 aromatic rings. The van der Waals surface area contributed by atoms with Gasteiger partial charge in [-0.25, -0.2) is 0 Å². The largest absolute Gasteiger partial charge is 0.299 e. The van der Waals surface area contributed by atoms with Gasteiger partial charge in [0.25, 0.3) is 10.0 Å². The molecule has 0 spiro atoms. The van der Waals surface area contributed by atoms with E-state index >= 15 is 0 Å². The molecule has 0 aliphatic heterocycles. The molecule has 0 aliphatic rings. The average Bonchev–Trinajstić information content (AvgIpc) is 2.38. The van der Waals surface area contributed by atoms with E-state index in [0.717, 1.165) is 5.56 Å². The zero-order valence-electron chi connectivity index (χ0n) is 9.82. The van der Waals surface area contributed by atoms with Crippen LogP contribution in [0.1, 0.15) is 5.56 Å². The first kappa shape index (κ1) is 12.4. The molecule has 18 heavy (non-hydrogen) atoms. The van der Waals surface area contributed by atoms with E-state index in [-0.39, 0.29) is 4.90 Å². The molecular weight excluding hydrogens is 248 g/mol. The summed E-state index contributed by atoms with van der Waals surface area (Å²) in [5, 5.41) is 3.75. The summed E-state index contributed by atoms with van der Waals surface area (Å²) in [4.78, 5) is 0.140. The van der Waals surface area contributed by atoms with Gasteiger partial charge in [0.1, 0.15) is 0 Å². The Kier molecular flexibility index (Phi) is 3.53. The quantitative estimate of drug-likeness (QED) is 0.793. The highest BCUT2D eigenvalue weighted by Crippen LogP contribution is 2.17. The number of hydrogen-bond donors (Lipinski definition) is 0. The first-order valence-corrected chi connectivity index (χ1v) is 6.82. The van der Waals surface area contributed by atoms with E-state index in [1.54, 1.807) is 36.4 Å². The fourth-order valence-corrected chi connectivity index (χ4v) is 2.23. The van der Waals surface area contributed by atoms with Crippen molar-refractivity contribution in [1.82, 2.24) is 0 Å². The van der Waals surface area contributed by atoms with Gasteiger partial charge < -0.3 is 0 Å². The molecule has 0 heterocycles. The molecule has 4 nitrogen and oxygen atoms in total. The van der Waals surface area contributed by atoms with Crippen LogP contribution in [-0.4, -0.2) is 8.42 Å². The number of sulfonamides is 1. The lowest BCUT2D eigenvalue weighted by atomic mass is 10.2. The lowest BCUT2D eigenvalue weighted by Gasteiger charge is -1.97. The van der Waals surface area contributed by atoms with Gasteiger partial charge in [-0.1, -0.05) is 34.9 Å². The molecule has 0 bridgehead atoms. The second kappa shape index (κ2) is 5.10. The molecule has 0 amide bonds. The van der Waals surface area contributed by atoms with Crippen LogP contribution < -0.4 is 0 Å². The van der Waals surface area contributed by atoms with E-state index in [2.05, 4.69) is 9.63 Å². The van der Waals surface area contributed by atoms with Crippen LogP contribution in [-0.2, 0) is 10.0 Å². The highest BCUT2D eigenvalue weighted by Gasteiger charge is 2.11. The van der Waals surface area contributed by atoms with E-state index in [1.807, 2.05) is 13.0 Å². The molecule has 0 radical (unpaired) electrons. The van der Waals surface area contributed by atoms with E-state index in [0.29, 0.717) is 5.69 Å². The standard InChI is InChI=1S/C13H12N2O2S/c1-11-6-5-7-12(10-11)14-15-18(16,17)13-8-3-2-4-9-13/h2-10H,1H3. The van der Waals surface area contributed by atoms with Crippen molar-refractivity contribution in [3.63, 3.8) is 0 Å². The van der Waals surface area contributed by atoms with Crippen LogP contribution in [0.25, 0.3) is 0 Å². The number of hydrogen-bond acceptors (Lipinski definition) is 3. The van der Waals surface area contributed by atoms with Crippen LogP contribution in [0, 0.1) is 6.92 Å². The van der Waals surface area contributed by atoms with E-state index in [9.17, 15) is 8.42 Å². The Bertz CT molecular complexity index is 664. The average molecular weight is 260 g/mol. The summed E-state index contributed by atoms with van der Waals surface area (Å²) in [6, 6.07) is 15.2. The Morgan fingerprint density at radius 1 is 0.944 bits per heavy atom. The summed E-state index contributed by atoms with van der Waals surface area (Å²) in [5.74, 6) is 0. The molecular formula is C13H12N2O2S. The molecule has 0 saturated heterocycles. The number of rotatable bonds is 3. The number of benzene rings is 2. The summed E-state index contributed by atoms with van der Waals surface area (Å²) < 4.78 is 27.1. The third-order valence-corrected chi connectivity index (χ3v) is 3.47. The molecule has 0 unspecified atom stereocenters. The third kappa shape index (κ3) is 3.01. The molecule has 0 aliphatic carbocycles. The highest BCUT2D eigenvalue weighted by atomic mass is 32.2. The summed E-state index contributed by atoms with van der Waals surface area (Å²) >= 11 is 0. The highest BCUT2D eigenvalue weighted by molar-refractivity contribution is 7.90. The van der Waals surface area contributed by atoms with Crippen LogP contribution in [0.2, 0.25) is 0 Å². The minimum absolute atomic E-state index is 0.140. The van der Waals surface area contributed by atoms with Crippen molar-refractivity contribution in [3.05, 3.63) is 60.2 Å². The second-order valence-electron chi connectivity index (χ2n) is 3.81. The van der Waals surface area contributed by atoms with Crippen molar-refractivity contribution in [1.29, 1.82) is 0 Å². The van der Waals surface area contributed by atoms with Crippen LogP contribution >= 0.6 is 0 Å². The van der Waals surface area contributed by atoms with E-state index in [4.69, 9.17) is 0 Å². The molecule has 2 rings (SSSR count). The third-order valence-electron chi connectivity index (χ3n) is 2.31. The minimum atomic E-state index is -3.71. The van der Waals surface area contributed by atoms with Crippen molar-refractivity contribution in [2.45, 2.75) is 11.8 Å². The first-order chi connectivity index (χ1) is 8.58. The van der Waals surface area contributed by atoms with Crippen molar-refractivity contribution in [3.8, 4) is 0 Å². The van der Waals surface area contributed by atoms with Crippen LogP contribution in [0.3, 0.4) is 0 Å². The summed E-state index contributed by atoms with van der Waals surface area (Å²) in [6.07, 6.45) is 0. The molecule has 0 N–H and O–H groups in total. The van der Waals surface area contributed by atoms with Gasteiger partial charge in [-0.3, -0.25) is 0 Å². The minimum Gasteiger partial charge on any atom is -0.198 e. The van der Waals surface area contributed by atoms with E-state index < -0.39 is 10.0 Å². The van der Waals surface area contributed by atoms with Crippen molar-refractivity contribution in [2.24, 2.45) is 9.63 Å². The van der Waals surface area contributed by atoms with Gasteiger partial charge in [-0.2, -0.15) is 8.42 Å². The maximum Gasteiger partial charge on any atom is 0.299 e. The lowest BCUT2D eigenvalue weighted by Crippen LogP contribution is -1.94. The molecule has 0 fully saturated rings. The van der Waals surface area contributed by atoms with Crippen LogP contribution in [0.4, 0.5) is 5.69 Å². The first-order valence-electron chi connectivity index (χ1n) is 5.38. The zero-order chi connectivity index (χ0) is 13.0. The Balaban J connectivity index is 2.29. The van der Waals surface area contributed by atoms with Crippen LogP contribution in [0.5, 0.6) is 0 Å². The Labute approximate surface area is 106 Å². The van der Waals surface area contributed by atoms with Gasteiger partial charge in [-0.15, -0.1) is 5.11 Å². The van der Waals surface area contributed by atoms with Gasteiger partial charge >= 0.3 is 0 Å². The normalized spacial score (nSPS) is 11.8. The van der Waals surface area contributed by atoms with Crippen LogP contribution in [0.15, 0.2) is 69.1 Å². The summed E-state index contributed by atoms with van der Waals surface area (Å²) in [7, 11) is -3.71. The fourth-order valence-electron chi connectivity index (χ4n) is 1.43. The smallest absolute Gasteiger partial charge is 0.198 e. The second-order valence-corrected chi connectivity index (χ2v) is 5.39. The maximum atomic E-state index is 11.8. The molecule has 92 valence electrons. The molecule has 0 atom stereocenters. The number of aryl methyl sites for hydroxylation is 1. The lowest BCUT2D eigenvalue weighted by molar-refractivity contribution is 0.595. The van der Waals surface area contributed by atoms with Crippen molar-refractivity contribution >= 4 is 15.7 Å². The number of nitrogens with zero attached hydrogens (tertiary/aromatic N) is 2. The SMILES string of the molecule is Cc1cccc(N=NS(=O)(=O)c2ccccc2)c1. The molecule has 2 aromatic carbocycles. The van der Waals surface area contributed by atoms with Gasteiger partial charge in [0.2, 0.25) is 0 Å². The Morgan fingerprint density at radius 2 is 1.67 bits per heavy atom. The van der Waals surface area contributed by atoms with E-state index in [1.165, 1.54) is 12.1 Å².